The van der Waals surface area contributed by atoms with Crippen molar-refractivity contribution in [1.29, 1.82) is 0 Å². The van der Waals surface area contributed by atoms with E-state index in [1.54, 1.807) is 40.9 Å². The van der Waals surface area contributed by atoms with E-state index in [9.17, 15) is 19.5 Å². The third-order valence-corrected chi connectivity index (χ3v) is 11.5. The Morgan fingerprint density at radius 3 is 2.43 bits per heavy atom. The molecule has 3 aliphatic rings. The van der Waals surface area contributed by atoms with Gasteiger partial charge < -0.3 is 25.4 Å². The van der Waals surface area contributed by atoms with Crippen LogP contribution in [0.2, 0.25) is 0 Å². The Balaban J connectivity index is 1.39. The molecule has 3 aliphatic heterocycles. The third-order valence-electron chi connectivity index (χ3n) is 9.52. The molecule has 0 aromatic heterocycles. The largest absolute Gasteiger partial charge is 0.494 e. The number of thioether (sulfide) groups is 1. The van der Waals surface area contributed by atoms with Crippen LogP contribution in [0.25, 0.3) is 0 Å². The number of nitrogens with zero attached hydrogens (tertiary/aromatic N) is 1. The van der Waals surface area contributed by atoms with E-state index in [1.165, 1.54) is 0 Å². The minimum absolute atomic E-state index is 0.236. The van der Waals surface area contributed by atoms with Gasteiger partial charge in [-0.25, -0.2) is 0 Å². The molecular weight excluding hydrogens is 574 g/mol. The molecule has 230 valence electrons. The zero-order chi connectivity index (χ0) is 31.2. The summed E-state index contributed by atoms with van der Waals surface area (Å²) in [6.07, 6.45) is 1.31. The highest BCUT2D eigenvalue weighted by atomic mass is 32.2. The Bertz CT molecular complexity index is 1580. The summed E-state index contributed by atoms with van der Waals surface area (Å²) in [5.74, 6) is -1.47. The Morgan fingerprint density at radius 2 is 1.75 bits per heavy atom. The molecule has 2 bridgehead atoms. The fourth-order valence-corrected chi connectivity index (χ4v) is 9.86. The first kappa shape index (κ1) is 30.2. The van der Waals surface area contributed by atoms with Crippen LogP contribution < -0.4 is 15.4 Å². The summed E-state index contributed by atoms with van der Waals surface area (Å²) in [4.78, 5) is 44.8. The second-order valence-electron chi connectivity index (χ2n) is 12.3. The van der Waals surface area contributed by atoms with Crippen molar-refractivity contribution >= 4 is 40.9 Å². The van der Waals surface area contributed by atoms with Crippen LogP contribution in [0.4, 0.5) is 11.4 Å². The average molecular weight is 614 g/mol. The summed E-state index contributed by atoms with van der Waals surface area (Å²) in [5, 5.41) is 16.9. The van der Waals surface area contributed by atoms with Gasteiger partial charge in [0.1, 0.15) is 11.8 Å². The zero-order valence-corrected chi connectivity index (χ0v) is 26.3. The van der Waals surface area contributed by atoms with Gasteiger partial charge in [0.25, 0.3) is 0 Å². The molecule has 0 aliphatic carbocycles. The number of aliphatic hydroxyl groups excluding tert-OH is 1. The maximum Gasteiger partial charge on any atom is 0.248 e. The normalized spacial score (nSPS) is 27.6. The van der Waals surface area contributed by atoms with Gasteiger partial charge in [0, 0.05) is 16.1 Å². The van der Waals surface area contributed by atoms with Crippen molar-refractivity contribution in [2.75, 3.05) is 23.8 Å². The number of aryl methyl sites for hydroxylation is 2. The van der Waals surface area contributed by atoms with Crippen molar-refractivity contribution < 1.29 is 24.2 Å². The highest BCUT2D eigenvalue weighted by molar-refractivity contribution is 8.02. The second-order valence-corrected chi connectivity index (χ2v) is 14.2. The third kappa shape index (κ3) is 4.96. The molecule has 9 heteroatoms. The number of hydrogen-bond acceptors (Lipinski definition) is 6. The first-order valence-electron chi connectivity index (χ1n) is 15.2. The first-order chi connectivity index (χ1) is 21.1. The van der Waals surface area contributed by atoms with Crippen LogP contribution >= 0.6 is 11.8 Å². The Kier molecular flexibility index (Phi) is 7.96. The maximum absolute atomic E-state index is 14.7. The number of hydrogen-bond donors (Lipinski definition) is 3. The van der Waals surface area contributed by atoms with Gasteiger partial charge in [0.2, 0.25) is 17.7 Å². The smallest absolute Gasteiger partial charge is 0.248 e. The molecule has 3 fully saturated rings. The van der Waals surface area contributed by atoms with Crippen molar-refractivity contribution in [3.05, 3.63) is 89.5 Å². The lowest BCUT2D eigenvalue weighted by Crippen LogP contribution is -2.52. The van der Waals surface area contributed by atoms with Crippen molar-refractivity contribution in [3.8, 4) is 5.75 Å². The van der Waals surface area contributed by atoms with Crippen LogP contribution in [-0.4, -0.2) is 56.5 Å². The molecule has 1 spiro atoms. The number of likely N-dealkylation sites (tertiary alicyclic amines) is 1. The van der Waals surface area contributed by atoms with Gasteiger partial charge in [-0.05, 0) is 87.6 Å². The van der Waals surface area contributed by atoms with Crippen LogP contribution in [0.15, 0.2) is 72.8 Å². The fraction of sp³-hybridized carbons (Fsp3) is 0.400. The molecule has 0 saturated carbocycles. The van der Waals surface area contributed by atoms with E-state index in [0.717, 1.165) is 16.7 Å². The van der Waals surface area contributed by atoms with Gasteiger partial charge in [0.05, 0.1) is 35.8 Å². The van der Waals surface area contributed by atoms with Gasteiger partial charge in [-0.15, -0.1) is 11.8 Å². The number of nitrogens with one attached hydrogen (secondary N) is 2. The van der Waals surface area contributed by atoms with Crippen LogP contribution in [0.1, 0.15) is 49.4 Å². The molecule has 3 amide bonds. The minimum atomic E-state index is -0.882. The van der Waals surface area contributed by atoms with Crippen molar-refractivity contribution in [2.45, 2.75) is 62.1 Å². The predicted molar refractivity (Wildman–Crippen MR) is 173 cm³/mol. The van der Waals surface area contributed by atoms with Crippen LogP contribution in [0, 0.1) is 25.7 Å². The topological polar surface area (TPSA) is 108 Å². The molecule has 6 rings (SSSR count). The lowest BCUT2D eigenvalue weighted by molar-refractivity contribution is -0.141. The summed E-state index contributed by atoms with van der Waals surface area (Å²) in [6, 6.07) is 20.8. The van der Waals surface area contributed by atoms with E-state index in [0.29, 0.717) is 36.6 Å². The quantitative estimate of drug-likeness (QED) is 0.295. The summed E-state index contributed by atoms with van der Waals surface area (Å²) in [7, 11) is 0. The summed E-state index contributed by atoms with van der Waals surface area (Å²) < 4.78 is 4.19. The highest BCUT2D eigenvalue weighted by Crippen LogP contribution is 2.72. The monoisotopic (exact) mass is 613 g/mol. The number of carbonyl (C=O) groups excluding carboxylic acids is 3. The van der Waals surface area contributed by atoms with E-state index < -0.39 is 33.4 Å². The molecule has 8 nitrogen and oxygen atoms in total. The van der Waals surface area contributed by atoms with Gasteiger partial charge in [-0.1, -0.05) is 42.5 Å². The van der Waals surface area contributed by atoms with Gasteiger partial charge in [0.15, 0.2) is 0 Å². The Hall–Kier alpha value is -3.82. The van der Waals surface area contributed by atoms with E-state index in [2.05, 4.69) is 10.6 Å². The summed E-state index contributed by atoms with van der Waals surface area (Å²) in [6.45, 7) is 8.06. The molecule has 0 radical (unpaired) electrons. The molecule has 3 N–H and O–H groups in total. The van der Waals surface area contributed by atoms with Crippen molar-refractivity contribution in [1.82, 2.24) is 4.90 Å². The molecule has 2 unspecified atom stereocenters. The summed E-state index contributed by atoms with van der Waals surface area (Å²) in [5.41, 5.74) is 3.97. The van der Waals surface area contributed by atoms with Crippen LogP contribution in [0.3, 0.4) is 0 Å². The number of fused-ring (bicyclic) bond motifs is 1. The van der Waals surface area contributed by atoms with E-state index in [-0.39, 0.29) is 24.3 Å². The first-order valence-corrected chi connectivity index (χ1v) is 16.0. The fourth-order valence-electron chi connectivity index (χ4n) is 7.52. The van der Waals surface area contributed by atoms with Crippen molar-refractivity contribution in [3.63, 3.8) is 0 Å². The van der Waals surface area contributed by atoms with E-state index >= 15 is 0 Å². The number of aliphatic hydroxyl groups is 1. The van der Waals surface area contributed by atoms with Crippen LogP contribution in [0.5, 0.6) is 5.75 Å². The maximum atomic E-state index is 14.7. The van der Waals surface area contributed by atoms with Crippen molar-refractivity contribution in [2.24, 2.45) is 11.8 Å². The standard InChI is InChI=1S/C35H39N3O5S/c1-5-43-25-15-13-24(14-16-25)36-31(40)28-29-33(42)38(27(20-39)23-9-7-6-8-10-23)30(35(29)18-17-34(28,4)44-35)32(41)37-26-19-21(2)11-12-22(26)3/h6-16,19,27-30,39H,5,17-18,20H2,1-4H3,(H,36,40)(H,37,41)/t27-,28-,29+,30?,34+,35?/m1/s1. The molecule has 3 aromatic rings. The number of ether oxygens (including phenoxy) is 1. The number of rotatable bonds is 9. The number of amides is 3. The molecule has 6 atom stereocenters. The van der Waals surface area contributed by atoms with Gasteiger partial charge in [-0.2, -0.15) is 0 Å². The SMILES string of the molecule is CCOc1ccc(NC(=O)[C@H]2[C@H]3C(=O)N([C@H](CO)c4ccccc4)C(C(=O)Nc4cc(C)ccc4C)C34CC[C@]2(C)S4)cc1. The number of anilines is 2. The molecular formula is C35H39N3O5S. The number of benzene rings is 3. The molecule has 3 heterocycles. The predicted octanol–water partition coefficient (Wildman–Crippen LogP) is 5.49. The second kappa shape index (κ2) is 11.6. The van der Waals surface area contributed by atoms with E-state index in [4.69, 9.17) is 4.74 Å². The Labute approximate surface area is 262 Å². The lowest BCUT2D eigenvalue weighted by Gasteiger charge is -2.37. The van der Waals surface area contributed by atoms with Gasteiger partial charge >= 0.3 is 0 Å². The zero-order valence-electron chi connectivity index (χ0n) is 25.5. The average Bonchev–Trinajstić information content (AvgIpc) is 3.58. The lowest BCUT2D eigenvalue weighted by atomic mass is 9.66. The number of carbonyl (C=O) groups is 3. The minimum Gasteiger partial charge on any atom is -0.494 e. The van der Waals surface area contributed by atoms with Gasteiger partial charge in [-0.3, -0.25) is 14.4 Å². The molecule has 3 aromatic carbocycles. The summed E-state index contributed by atoms with van der Waals surface area (Å²) >= 11 is 1.61. The Morgan fingerprint density at radius 1 is 1.02 bits per heavy atom. The molecule has 44 heavy (non-hydrogen) atoms. The molecule has 3 saturated heterocycles. The van der Waals surface area contributed by atoms with E-state index in [1.807, 2.05) is 76.2 Å². The van der Waals surface area contributed by atoms with Crippen LogP contribution in [-0.2, 0) is 14.4 Å². The highest BCUT2D eigenvalue weighted by Gasteiger charge is 2.77.